The maximum atomic E-state index is 14.4. The number of anilines is 1. The van der Waals surface area contributed by atoms with E-state index in [1.54, 1.807) is 0 Å². The fraction of sp³-hybridized carbons (Fsp3) is 0.200. The lowest BCUT2D eigenvalue weighted by molar-refractivity contribution is -0.121. The zero-order chi connectivity index (χ0) is 22.9. The maximum Gasteiger partial charge on any atom is 0.231 e. The fourth-order valence-electron chi connectivity index (χ4n) is 4.16. The highest BCUT2D eigenvalue weighted by atomic mass is 19.2. The van der Waals surface area contributed by atoms with Crippen molar-refractivity contribution in [3.8, 4) is 6.07 Å². The van der Waals surface area contributed by atoms with E-state index in [9.17, 15) is 22.4 Å². The van der Waals surface area contributed by atoms with Gasteiger partial charge in [-0.25, -0.2) is 17.6 Å². The van der Waals surface area contributed by atoms with Gasteiger partial charge < -0.3 is 5.32 Å². The smallest absolute Gasteiger partial charge is 0.231 e. The Labute approximate surface area is 182 Å². The first-order valence-electron chi connectivity index (χ1n) is 10.1. The quantitative estimate of drug-likeness (QED) is 0.387. The second-order valence-electron chi connectivity index (χ2n) is 7.88. The third-order valence-electron chi connectivity index (χ3n) is 6.05. The molecule has 3 aromatic rings. The largest absolute Gasteiger partial charge is 0.320 e. The molecule has 0 spiro atoms. The van der Waals surface area contributed by atoms with Gasteiger partial charge in [0, 0.05) is 0 Å². The van der Waals surface area contributed by atoms with E-state index in [0.717, 1.165) is 17.2 Å². The lowest BCUT2D eigenvalue weighted by Gasteiger charge is -2.19. The highest BCUT2D eigenvalue weighted by Crippen LogP contribution is 2.62. The molecule has 1 saturated carbocycles. The zero-order valence-corrected chi connectivity index (χ0v) is 16.8. The third kappa shape index (κ3) is 3.73. The molecule has 0 saturated heterocycles. The number of benzene rings is 3. The van der Waals surface area contributed by atoms with Crippen LogP contribution in [0.3, 0.4) is 0 Å². The minimum Gasteiger partial charge on any atom is -0.320 e. The van der Waals surface area contributed by atoms with E-state index >= 15 is 0 Å². The predicted molar refractivity (Wildman–Crippen MR) is 111 cm³/mol. The van der Waals surface area contributed by atoms with Crippen LogP contribution in [0.5, 0.6) is 0 Å². The maximum absolute atomic E-state index is 14.4. The van der Waals surface area contributed by atoms with Crippen LogP contribution in [0.25, 0.3) is 0 Å². The van der Waals surface area contributed by atoms with Gasteiger partial charge >= 0.3 is 0 Å². The number of nitrogens with zero attached hydrogens (tertiary/aromatic N) is 1. The summed E-state index contributed by atoms with van der Waals surface area (Å²) in [7, 11) is 0. The van der Waals surface area contributed by atoms with Crippen molar-refractivity contribution in [3.63, 3.8) is 0 Å². The Bertz CT molecular complexity index is 1180. The van der Waals surface area contributed by atoms with Crippen LogP contribution in [0.2, 0.25) is 0 Å². The van der Waals surface area contributed by atoms with Gasteiger partial charge in [-0.3, -0.25) is 4.79 Å². The first-order chi connectivity index (χ1) is 15.4. The molecule has 0 unspecified atom stereocenters. The molecule has 0 aliphatic heterocycles. The topological polar surface area (TPSA) is 52.9 Å². The average Bonchev–Trinajstić information content (AvgIpc) is 3.57. The van der Waals surface area contributed by atoms with Gasteiger partial charge in [0.2, 0.25) is 5.91 Å². The Balaban J connectivity index is 1.66. The molecule has 2 atom stereocenters. The Morgan fingerprint density at radius 2 is 1.50 bits per heavy atom. The minimum absolute atomic E-state index is 0.202. The van der Waals surface area contributed by atoms with Gasteiger partial charge in [0.05, 0.1) is 5.41 Å². The molecule has 0 radical (unpaired) electrons. The van der Waals surface area contributed by atoms with Crippen LogP contribution in [0.4, 0.5) is 23.2 Å². The van der Waals surface area contributed by atoms with Crippen molar-refractivity contribution in [1.29, 1.82) is 5.26 Å². The summed E-state index contributed by atoms with van der Waals surface area (Å²) in [6, 6.07) is 19.8. The number of aryl methyl sites for hydroxylation is 1. The van der Waals surface area contributed by atoms with Crippen molar-refractivity contribution in [1.82, 2.24) is 0 Å². The Morgan fingerprint density at radius 1 is 0.938 bits per heavy atom. The number of carbonyl (C=O) groups excluding carboxylic acids is 1. The summed E-state index contributed by atoms with van der Waals surface area (Å²) in [5, 5.41) is 10.8. The van der Waals surface area contributed by atoms with Crippen molar-refractivity contribution < 1.29 is 22.4 Å². The van der Waals surface area contributed by atoms with Gasteiger partial charge in [0.25, 0.3) is 0 Å². The average molecular weight is 438 g/mol. The number of halogens is 4. The Kier molecular flexibility index (Phi) is 5.70. The van der Waals surface area contributed by atoms with Crippen LogP contribution < -0.4 is 5.32 Å². The van der Waals surface area contributed by atoms with Gasteiger partial charge in [-0.2, -0.15) is 5.26 Å². The van der Waals surface area contributed by atoms with E-state index in [2.05, 4.69) is 5.32 Å². The number of amides is 1. The SMILES string of the molecule is N#Cc1c(F)c(F)c(NC(=O)[C@@]2(CCc3ccccc3)C[C@H]2c2ccccc2)c(F)c1F. The van der Waals surface area contributed by atoms with Gasteiger partial charge in [0.1, 0.15) is 17.3 Å². The van der Waals surface area contributed by atoms with E-state index in [0.29, 0.717) is 19.3 Å². The van der Waals surface area contributed by atoms with Crippen molar-refractivity contribution in [2.45, 2.75) is 25.2 Å². The number of carbonyl (C=O) groups is 1. The van der Waals surface area contributed by atoms with Gasteiger partial charge in [-0.15, -0.1) is 0 Å². The molecule has 0 aromatic heterocycles. The molecule has 1 N–H and O–H groups in total. The Hall–Kier alpha value is -3.66. The Morgan fingerprint density at radius 3 is 2.06 bits per heavy atom. The van der Waals surface area contributed by atoms with E-state index in [4.69, 9.17) is 5.26 Å². The number of nitriles is 1. The second-order valence-corrected chi connectivity index (χ2v) is 7.88. The molecule has 1 fully saturated rings. The van der Waals surface area contributed by atoms with Crippen molar-refractivity contribution in [2.24, 2.45) is 5.41 Å². The molecule has 3 nitrogen and oxygen atoms in total. The summed E-state index contributed by atoms with van der Waals surface area (Å²) in [6.45, 7) is 0. The van der Waals surface area contributed by atoms with E-state index in [-0.39, 0.29) is 5.92 Å². The summed E-state index contributed by atoms with van der Waals surface area (Å²) < 4.78 is 56.8. The van der Waals surface area contributed by atoms with E-state index in [1.165, 1.54) is 0 Å². The molecule has 162 valence electrons. The van der Waals surface area contributed by atoms with Crippen molar-refractivity contribution in [3.05, 3.63) is 101 Å². The van der Waals surface area contributed by atoms with Crippen LogP contribution in [0.1, 0.15) is 35.4 Å². The molecule has 1 aliphatic rings. The highest BCUT2D eigenvalue weighted by Gasteiger charge is 2.59. The van der Waals surface area contributed by atoms with E-state index < -0.39 is 45.8 Å². The predicted octanol–water partition coefficient (Wildman–Crippen LogP) is 5.86. The number of hydrogen-bond acceptors (Lipinski definition) is 2. The number of rotatable bonds is 6. The number of hydrogen-bond donors (Lipinski definition) is 1. The van der Waals surface area contributed by atoms with Gasteiger partial charge in [-0.1, -0.05) is 60.7 Å². The summed E-state index contributed by atoms with van der Waals surface area (Å²) in [4.78, 5) is 13.2. The fourth-order valence-corrected chi connectivity index (χ4v) is 4.16. The molecule has 4 rings (SSSR count). The molecule has 1 aliphatic carbocycles. The third-order valence-corrected chi connectivity index (χ3v) is 6.05. The number of nitrogens with one attached hydrogen (secondary N) is 1. The normalized spacial score (nSPS) is 19.3. The lowest BCUT2D eigenvalue weighted by Crippen LogP contribution is -2.28. The van der Waals surface area contributed by atoms with Crippen LogP contribution in [-0.4, -0.2) is 5.91 Å². The minimum atomic E-state index is -1.84. The summed E-state index contributed by atoms with van der Waals surface area (Å²) >= 11 is 0. The van der Waals surface area contributed by atoms with Gasteiger partial charge in [-0.05, 0) is 36.3 Å². The zero-order valence-electron chi connectivity index (χ0n) is 16.8. The summed E-state index contributed by atoms with van der Waals surface area (Å²) in [5.74, 6) is -8.20. The van der Waals surface area contributed by atoms with Crippen LogP contribution in [0.15, 0.2) is 60.7 Å². The van der Waals surface area contributed by atoms with E-state index in [1.807, 2.05) is 60.7 Å². The highest BCUT2D eigenvalue weighted by molar-refractivity contribution is 5.98. The van der Waals surface area contributed by atoms with Crippen LogP contribution >= 0.6 is 0 Å². The first kappa shape index (κ1) is 21.6. The van der Waals surface area contributed by atoms with Gasteiger partial charge in [0.15, 0.2) is 23.3 Å². The molecule has 0 bridgehead atoms. The second kappa shape index (κ2) is 8.46. The van der Waals surface area contributed by atoms with Crippen LogP contribution in [0, 0.1) is 40.0 Å². The van der Waals surface area contributed by atoms with Crippen molar-refractivity contribution >= 4 is 11.6 Å². The molecule has 32 heavy (non-hydrogen) atoms. The molecule has 0 heterocycles. The molecular formula is C25H18F4N2O. The standard InChI is InChI=1S/C25H18F4N2O/c26-19-17(14-30)20(27)22(29)23(21(19)28)31-24(32)25(12-11-15-7-3-1-4-8-15)13-18(25)16-9-5-2-6-10-16/h1-10,18H,11-13H2,(H,31,32)/t18-,25-/m0/s1. The summed E-state index contributed by atoms with van der Waals surface area (Å²) in [5.41, 5.74) is -1.69. The lowest BCUT2D eigenvalue weighted by atomic mass is 9.90. The first-order valence-corrected chi connectivity index (χ1v) is 10.1. The van der Waals surface area contributed by atoms with Crippen LogP contribution in [-0.2, 0) is 11.2 Å². The molecule has 1 amide bonds. The van der Waals surface area contributed by atoms with Crippen molar-refractivity contribution in [2.75, 3.05) is 5.32 Å². The molecular weight excluding hydrogens is 420 g/mol. The molecule has 3 aromatic carbocycles. The monoisotopic (exact) mass is 438 g/mol. The summed E-state index contributed by atoms with van der Waals surface area (Å²) in [6.07, 6.45) is 1.35. The molecule has 7 heteroatoms.